The molecule has 1 atom stereocenters. The van der Waals surface area contributed by atoms with Crippen LogP contribution >= 0.6 is 11.6 Å². The number of carbonyl (C=O) groups excluding carboxylic acids is 1. The molecule has 1 amide bonds. The van der Waals surface area contributed by atoms with Crippen LogP contribution in [0.25, 0.3) is 10.9 Å². The molecule has 1 aliphatic rings. The SMILES string of the molecule is CC(C)C(NC(=O)c1ccc2c(=O)n3c(nc2c1)CCCCC3)c1ccc(Cl)cc1. The van der Waals surface area contributed by atoms with Gasteiger partial charge in [0.05, 0.1) is 16.9 Å². The Kier molecular flexibility index (Phi) is 5.91. The van der Waals surface area contributed by atoms with Crippen molar-refractivity contribution in [2.75, 3.05) is 0 Å². The van der Waals surface area contributed by atoms with Crippen molar-refractivity contribution in [1.29, 1.82) is 0 Å². The molecule has 3 aromatic rings. The molecular weight excluding hydrogens is 398 g/mol. The number of carbonyl (C=O) groups is 1. The van der Waals surface area contributed by atoms with Crippen molar-refractivity contribution in [1.82, 2.24) is 14.9 Å². The van der Waals surface area contributed by atoms with Gasteiger partial charge in [-0.2, -0.15) is 0 Å². The third-order valence-electron chi connectivity index (χ3n) is 5.76. The fourth-order valence-corrected chi connectivity index (χ4v) is 4.22. The van der Waals surface area contributed by atoms with Gasteiger partial charge < -0.3 is 5.32 Å². The van der Waals surface area contributed by atoms with Crippen LogP contribution in [0.1, 0.15) is 60.9 Å². The highest BCUT2D eigenvalue weighted by Gasteiger charge is 2.20. The van der Waals surface area contributed by atoms with E-state index in [0.717, 1.165) is 43.6 Å². The molecule has 0 aliphatic carbocycles. The standard InChI is InChI=1S/C24H26ClN3O2/c1-15(2)22(16-7-10-18(25)11-8-16)27-23(29)17-9-12-19-20(14-17)26-21-6-4-3-5-13-28(21)24(19)30/h7-12,14-15,22H,3-6,13H2,1-2H3,(H,27,29). The first-order valence-electron chi connectivity index (χ1n) is 10.5. The molecule has 0 saturated heterocycles. The van der Waals surface area contributed by atoms with E-state index in [1.165, 1.54) is 0 Å². The first-order valence-corrected chi connectivity index (χ1v) is 10.9. The molecule has 156 valence electrons. The predicted octanol–water partition coefficient (Wildman–Crippen LogP) is 4.90. The zero-order valence-corrected chi connectivity index (χ0v) is 18.1. The Morgan fingerprint density at radius 1 is 1.10 bits per heavy atom. The lowest BCUT2D eigenvalue weighted by molar-refractivity contribution is 0.0925. The number of hydrogen-bond donors (Lipinski definition) is 1. The van der Waals surface area contributed by atoms with Crippen LogP contribution in [0, 0.1) is 5.92 Å². The monoisotopic (exact) mass is 423 g/mol. The van der Waals surface area contributed by atoms with Crippen molar-refractivity contribution in [2.24, 2.45) is 5.92 Å². The minimum absolute atomic E-state index is 0.00919. The van der Waals surface area contributed by atoms with Gasteiger partial charge in [-0.25, -0.2) is 4.98 Å². The summed E-state index contributed by atoms with van der Waals surface area (Å²) in [7, 11) is 0. The van der Waals surface area contributed by atoms with Gasteiger partial charge in [-0.05, 0) is 54.7 Å². The molecule has 4 rings (SSSR count). The lowest BCUT2D eigenvalue weighted by Crippen LogP contribution is -2.32. The molecule has 5 nitrogen and oxygen atoms in total. The van der Waals surface area contributed by atoms with Gasteiger partial charge in [-0.15, -0.1) is 0 Å². The number of aromatic nitrogens is 2. The van der Waals surface area contributed by atoms with E-state index >= 15 is 0 Å². The molecular formula is C24H26ClN3O2. The summed E-state index contributed by atoms with van der Waals surface area (Å²) in [6.45, 7) is 4.85. The van der Waals surface area contributed by atoms with E-state index in [2.05, 4.69) is 19.2 Å². The number of halogens is 1. The lowest BCUT2D eigenvalue weighted by atomic mass is 9.95. The molecule has 0 radical (unpaired) electrons. The number of benzene rings is 2. The van der Waals surface area contributed by atoms with Crippen molar-refractivity contribution in [3.05, 3.63) is 74.8 Å². The van der Waals surface area contributed by atoms with Gasteiger partial charge in [0.25, 0.3) is 11.5 Å². The van der Waals surface area contributed by atoms with Crippen molar-refractivity contribution >= 4 is 28.4 Å². The third kappa shape index (κ3) is 4.12. The second-order valence-corrected chi connectivity index (χ2v) is 8.71. The van der Waals surface area contributed by atoms with Crippen LogP contribution in [0.3, 0.4) is 0 Å². The van der Waals surface area contributed by atoms with Gasteiger partial charge >= 0.3 is 0 Å². The second-order valence-electron chi connectivity index (χ2n) is 8.27. The highest BCUT2D eigenvalue weighted by atomic mass is 35.5. The highest BCUT2D eigenvalue weighted by molar-refractivity contribution is 6.30. The normalized spacial score (nSPS) is 14.9. The average molecular weight is 424 g/mol. The summed E-state index contributed by atoms with van der Waals surface area (Å²) in [4.78, 5) is 30.7. The Labute approximate surface area is 181 Å². The number of fused-ring (bicyclic) bond motifs is 2. The molecule has 1 aliphatic heterocycles. The maximum Gasteiger partial charge on any atom is 0.261 e. The van der Waals surface area contributed by atoms with Crippen molar-refractivity contribution in [2.45, 2.75) is 52.1 Å². The summed E-state index contributed by atoms with van der Waals surface area (Å²) >= 11 is 6.00. The third-order valence-corrected chi connectivity index (χ3v) is 6.01. The van der Waals surface area contributed by atoms with E-state index < -0.39 is 0 Å². The fourth-order valence-electron chi connectivity index (χ4n) is 4.09. The minimum atomic E-state index is -0.178. The molecule has 0 fully saturated rings. The first kappa shape index (κ1) is 20.6. The van der Waals surface area contributed by atoms with Crippen LogP contribution in [0.2, 0.25) is 5.02 Å². The fraction of sp³-hybridized carbons (Fsp3) is 0.375. The molecule has 30 heavy (non-hydrogen) atoms. The quantitative estimate of drug-likeness (QED) is 0.648. The molecule has 6 heteroatoms. The average Bonchev–Trinajstić information content (AvgIpc) is 2.98. The van der Waals surface area contributed by atoms with Gasteiger partial charge in [0.2, 0.25) is 0 Å². The first-order chi connectivity index (χ1) is 14.4. The Morgan fingerprint density at radius 3 is 2.60 bits per heavy atom. The smallest absolute Gasteiger partial charge is 0.261 e. The number of hydrogen-bond acceptors (Lipinski definition) is 3. The van der Waals surface area contributed by atoms with Gasteiger partial charge in [-0.3, -0.25) is 14.2 Å². The van der Waals surface area contributed by atoms with Gasteiger partial charge in [0, 0.05) is 23.6 Å². The van der Waals surface area contributed by atoms with Crippen LogP contribution in [0.15, 0.2) is 47.3 Å². The molecule has 0 spiro atoms. The molecule has 0 bridgehead atoms. The van der Waals surface area contributed by atoms with E-state index in [-0.39, 0.29) is 23.4 Å². The molecule has 1 N–H and O–H groups in total. The number of amides is 1. The summed E-state index contributed by atoms with van der Waals surface area (Å²) < 4.78 is 1.80. The largest absolute Gasteiger partial charge is 0.345 e. The van der Waals surface area contributed by atoms with Gasteiger partial charge in [0.15, 0.2) is 0 Å². The van der Waals surface area contributed by atoms with Crippen LogP contribution in [-0.4, -0.2) is 15.5 Å². The maximum absolute atomic E-state index is 13.0. The van der Waals surface area contributed by atoms with Crippen LogP contribution in [0.5, 0.6) is 0 Å². The maximum atomic E-state index is 13.0. The van der Waals surface area contributed by atoms with E-state index in [1.54, 1.807) is 22.8 Å². The van der Waals surface area contributed by atoms with Crippen molar-refractivity contribution in [3.63, 3.8) is 0 Å². The Morgan fingerprint density at radius 2 is 1.87 bits per heavy atom. The van der Waals surface area contributed by atoms with Crippen molar-refractivity contribution in [3.8, 4) is 0 Å². The molecule has 1 aromatic heterocycles. The second kappa shape index (κ2) is 8.60. The molecule has 0 saturated carbocycles. The predicted molar refractivity (Wildman–Crippen MR) is 120 cm³/mol. The Hall–Kier alpha value is -2.66. The lowest BCUT2D eigenvalue weighted by Gasteiger charge is -2.23. The zero-order chi connectivity index (χ0) is 21.3. The van der Waals surface area contributed by atoms with Gasteiger partial charge in [-0.1, -0.05) is 44.0 Å². The van der Waals surface area contributed by atoms with Crippen LogP contribution in [-0.2, 0) is 13.0 Å². The number of nitrogens with one attached hydrogen (secondary N) is 1. The van der Waals surface area contributed by atoms with E-state index in [4.69, 9.17) is 16.6 Å². The summed E-state index contributed by atoms with van der Waals surface area (Å²) in [5, 5.41) is 4.36. The Balaban J connectivity index is 1.65. The summed E-state index contributed by atoms with van der Waals surface area (Å²) in [5.41, 5.74) is 2.09. The number of aryl methyl sites for hydroxylation is 1. The topological polar surface area (TPSA) is 64.0 Å². The molecule has 2 heterocycles. The van der Waals surface area contributed by atoms with E-state index in [9.17, 15) is 9.59 Å². The Bertz CT molecular complexity index is 1140. The van der Waals surface area contributed by atoms with E-state index in [0.29, 0.717) is 21.5 Å². The van der Waals surface area contributed by atoms with Crippen LogP contribution < -0.4 is 10.9 Å². The van der Waals surface area contributed by atoms with Crippen LogP contribution in [0.4, 0.5) is 0 Å². The number of rotatable bonds is 4. The van der Waals surface area contributed by atoms with Crippen molar-refractivity contribution < 1.29 is 4.79 Å². The highest BCUT2D eigenvalue weighted by Crippen LogP contribution is 2.24. The summed E-state index contributed by atoms with van der Waals surface area (Å²) in [5.74, 6) is 0.847. The van der Waals surface area contributed by atoms with Gasteiger partial charge in [0.1, 0.15) is 5.82 Å². The number of nitrogens with zero attached hydrogens (tertiary/aromatic N) is 2. The molecule has 2 aromatic carbocycles. The minimum Gasteiger partial charge on any atom is -0.345 e. The zero-order valence-electron chi connectivity index (χ0n) is 17.3. The van der Waals surface area contributed by atoms with E-state index in [1.807, 2.05) is 24.3 Å². The summed E-state index contributed by atoms with van der Waals surface area (Å²) in [6, 6.07) is 12.6. The molecule has 1 unspecified atom stereocenters. The summed E-state index contributed by atoms with van der Waals surface area (Å²) in [6.07, 6.45) is 3.94.